The van der Waals surface area contributed by atoms with E-state index in [1.165, 1.54) is 21.9 Å². The molecular formula is C21H17Cl2N7O. The van der Waals surface area contributed by atoms with Gasteiger partial charge in [0.1, 0.15) is 5.82 Å². The van der Waals surface area contributed by atoms with Crippen molar-refractivity contribution in [3.05, 3.63) is 74.3 Å². The Hall–Kier alpha value is -3.20. The van der Waals surface area contributed by atoms with Gasteiger partial charge in [-0.05, 0) is 48.4 Å². The minimum absolute atomic E-state index is 0.108. The smallest absolute Gasteiger partial charge is 0.355 e. The van der Waals surface area contributed by atoms with E-state index in [0.717, 1.165) is 25.2 Å². The Balaban J connectivity index is 1.55. The highest BCUT2D eigenvalue weighted by atomic mass is 35.5. The van der Waals surface area contributed by atoms with E-state index in [1.54, 1.807) is 18.2 Å². The molecule has 10 heteroatoms. The molecule has 8 nitrogen and oxygen atoms in total. The molecule has 0 unspecified atom stereocenters. The van der Waals surface area contributed by atoms with Crippen LogP contribution in [0.15, 0.2) is 47.4 Å². The highest BCUT2D eigenvalue weighted by molar-refractivity contribution is 6.37. The summed E-state index contributed by atoms with van der Waals surface area (Å²) < 4.78 is 1.17. The summed E-state index contributed by atoms with van der Waals surface area (Å²) in [7, 11) is 0. The molecule has 1 aliphatic heterocycles. The Kier molecular flexibility index (Phi) is 4.97. The molecule has 2 aromatic carbocycles. The third-order valence-electron chi connectivity index (χ3n) is 5.19. The maximum absolute atomic E-state index is 12.8. The minimum Gasteiger partial charge on any atom is -0.384 e. The molecule has 156 valence electrons. The van der Waals surface area contributed by atoms with E-state index in [4.69, 9.17) is 28.9 Å². The highest BCUT2D eigenvalue weighted by Crippen LogP contribution is 2.30. The number of nitrogens with zero attached hydrogens (tertiary/aromatic N) is 4. The molecule has 3 heterocycles. The predicted octanol–water partition coefficient (Wildman–Crippen LogP) is 3.45. The topological polar surface area (TPSA) is 111 Å². The van der Waals surface area contributed by atoms with Crippen LogP contribution in [0.2, 0.25) is 10.0 Å². The lowest BCUT2D eigenvalue weighted by atomic mass is 10.0. The van der Waals surface area contributed by atoms with Gasteiger partial charge in [-0.3, -0.25) is 0 Å². The Morgan fingerprint density at radius 3 is 2.71 bits per heavy atom. The van der Waals surface area contributed by atoms with Crippen LogP contribution in [0.1, 0.15) is 11.1 Å². The van der Waals surface area contributed by atoms with Gasteiger partial charge in [0.15, 0.2) is 5.65 Å². The number of rotatable bonds is 3. The molecule has 0 amide bonds. The molecule has 0 spiro atoms. The first-order chi connectivity index (χ1) is 15.0. The van der Waals surface area contributed by atoms with Crippen molar-refractivity contribution in [1.29, 1.82) is 0 Å². The van der Waals surface area contributed by atoms with Crippen LogP contribution in [0.3, 0.4) is 0 Å². The number of nitrogen functional groups attached to an aromatic ring is 1. The zero-order valence-corrected chi connectivity index (χ0v) is 17.7. The first kappa shape index (κ1) is 19.7. The summed E-state index contributed by atoms with van der Waals surface area (Å²) in [5.41, 5.74) is 9.50. The summed E-state index contributed by atoms with van der Waals surface area (Å²) in [5, 5.41) is 7.50. The lowest BCUT2D eigenvalue weighted by Gasteiger charge is -2.18. The van der Waals surface area contributed by atoms with Gasteiger partial charge in [0.2, 0.25) is 5.95 Å². The molecule has 0 radical (unpaired) electrons. The molecule has 4 aromatic rings. The Morgan fingerprint density at radius 2 is 1.90 bits per heavy atom. The van der Waals surface area contributed by atoms with Gasteiger partial charge in [-0.15, -0.1) is 0 Å². The van der Waals surface area contributed by atoms with Crippen LogP contribution < -0.4 is 22.1 Å². The van der Waals surface area contributed by atoms with Crippen LogP contribution in [0.5, 0.6) is 0 Å². The first-order valence-electron chi connectivity index (χ1n) is 9.60. The monoisotopic (exact) mass is 453 g/mol. The van der Waals surface area contributed by atoms with Gasteiger partial charge in [0.25, 0.3) is 0 Å². The van der Waals surface area contributed by atoms with Gasteiger partial charge in [0.05, 0.1) is 21.1 Å². The number of aromatic nitrogens is 4. The molecule has 0 saturated carbocycles. The summed E-state index contributed by atoms with van der Waals surface area (Å²) in [6.45, 7) is 1.81. The number of fused-ring (bicyclic) bond motifs is 2. The van der Waals surface area contributed by atoms with E-state index in [9.17, 15) is 4.79 Å². The number of hydrogen-bond acceptors (Lipinski definition) is 7. The van der Waals surface area contributed by atoms with Crippen molar-refractivity contribution in [3.8, 4) is 5.69 Å². The van der Waals surface area contributed by atoms with Crippen molar-refractivity contribution in [2.24, 2.45) is 0 Å². The molecule has 1 aliphatic rings. The van der Waals surface area contributed by atoms with Crippen molar-refractivity contribution in [2.75, 3.05) is 17.6 Å². The lowest BCUT2D eigenvalue weighted by molar-refractivity contribution is 0.644. The van der Waals surface area contributed by atoms with Crippen LogP contribution in [0.4, 0.5) is 17.5 Å². The minimum atomic E-state index is -0.635. The number of para-hydroxylation sites is 1. The Bertz CT molecular complexity index is 1370. The number of benzene rings is 2. The summed E-state index contributed by atoms with van der Waals surface area (Å²) in [5.74, 6) is 0.424. The summed E-state index contributed by atoms with van der Waals surface area (Å²) in [6, 6.07) is 11.1. The first-order valence-corrected chi connectivity index (χ1v) is 10.4. The molecule has 0 aliphatic carbocycles. The molecular weight excluding hydrogens is 437 g/mol. The number of nitrogens with two attached hydrogens (primary N) is 1. The third kappa shape index (κ3) is 3.59. The van der Waals surface area contributed by atoms with Gasteiger partial charge >= 0.3 is 5.69 Å². The van der Waals surface area contributed by atoms with Crippen molar-refractivity contribution < 1.29 is 0 Å². The molecule has 0 fully saturated rings. The van der Waals surface area contributed by atoms with Crippen LogP contribution in [0, 0.1) is 0 Å². The van der Waals surface area contributed by atoms with Gasteiger partial charge in [0, 0.05) is 18.4 Å². The van der Waals surface area contributed by atoms with Crippen LogP contribution in [0.25, 0.3) is 16.7 Å². The largest absolute Gasteiger partial charge is 0.384 e. The number of anilines is 3. The molecule has 0 atom stereocenters. The van der Waals surface area contributed by atoms with E-state index < -0.39 is 5.69 Å². The second-order valence-electron chi connectivity index (χ2n) is 7.15. The molecule has 5 rings (SSSR count). The quantitative estimate of drug-likeness (QED) is 0.435. The van der Waals surface area contributed by atoms with Crippen LogP contribution in [-0.4, -0.2) is 26.1 Å². The molecule has 0 saturated heterocycles. The fraction of sp³-hybridized carbons (Fsp3) is 0.143. The maximum atomic E-state index is 12.8. The van der Waals surface area contributed by atoms with Crippen LogP contribution >= 0.6 is 23.2 Å². The SMILES string of the molecule is Nc1c2cnc(Nc3ccc4c(c3)CNCC4)nc2nc(=O)n1-c1c(Cl)cccc1Cl. The normalized spacial score (nSPS) is 13.2. The third-order valence-corrected chi connectivity index (χ3v) is 5.80. The molecule has 0 bridgehead atoms. The molecule has 2 aromatic heterocycles. The molecule has 31 heavy (non-hydrogen) atoms. The van der Waals surface area contributed by atoms with Gasteiger partial charge < -0.3 is 16.4 Å². The summed E-state index contributed by atoms with van der Waals surface area (Å²) in [6.07, 6.45) is 2.53. The summed E-state index contributed by atoms with van der Waals surface area (Å²) in [4.78, 5) is 25.6. The number of hydrogen-bond donors (Lipinski definition) is 3. The lowest BCUT2D eigenvalue weighted by Crippen LogP contribution is -2.25. The van der Waals surface area contributed by atoms with Crippen LogP contribution in [-0.2, 0) is 13.0 Å². The van der Waals surface area contributed by atoms with E-state index in [1.807, 2.05) is 6.07 Å². The zero-order valence-electron chi connectivity index (χ0n) is 16.2. The zero-order chi connectivity index (χ0) is 21.5. The fourth-order valence-corrected chi connectivity index (χ4v) is 4.24. The van der Waals surface area contributed by atoms with Crippen molar-refractivity contribution >= 4 is 51.7 Å². The predicted molar refractivity (Wildman–Crippen MR) is 122 cm³/mol. The van der Waals surface area contributed by atoms with E-state index in [2.05, 4.69) is 37.7 Å². The number of halogens is 2. The van der Waals surface area contributed by atoms with E-state index in [0.29, 0.717) is 11.3 Å². The van der Waals surface area contributed by atoms with E-state index >= 15 is 0 Å². The highest BCUT2D eigenvalue weighted by Gasteiger charge is 2.17. The average molecular weight is 454 g/mol. The number of nitrogens with one attached hydrogen (secondary N) is 2. The van der Waals surface area contributed by atoms with Gasteiger partial charge in [-0.1, -0.05) is 35.3 Å². The summed E-state index contributed by atoms with van der Waals surface area (Å²) >= 11 is 12.5. The average Bonchev–Trinajstić information content (AvgIpc) is 2.75. The van der Waals surface area contributed by atoms with E-state index in [-0.39, 0.29) is 27.2 Å². The van der Waals surface area contributed by atoms with Gasteiger partial charge in [-0.25, -0.2) is 14.3 Å². The Morgan fingerprint density at radius 1 is 1.10 bits per heavy atom. The van der Waals surface area contributed by atoms with Crippen molar-refractivity contribution in [3.63, 3.8) is 0 Å². The molecule has 4 N–H and O–H groups in total. The second kappa shape index (κ2) is 7.81. The van der Waals surface area contributed by atoms with Crippen molar-refractivity contribution in [1.82, 2.24) is 24.8 Å². The Labute approximate surface area is 187 Å². The maximum Gasteiger partial charge on any atom is 0.355 e. The van der Waals surface area contributed by atoms with Crippen molar-refractivity contribution in [2.45, 2.75) is 13.0 Å². The fourth-order valence-electron chi connectivity index (χ4n) is 3.67. The second-order valence-corrected chi connectivity index (χ2v) is 7.97. The standard InChI is InChI=1S/C21H17Cl2N7O/c22-15-2-1-3-16(23)17(15)30-18(24)14-10-26-20(28-19(14)29-21(30)31)27-13-5-4-11-6-7-25-9-12(11)8-13/h1-5,8,10,25H,6-7,9,24H2,(H,27,28,29,31). The van der Waals surface area contributed by atoms with Gasteiger partial charge in [-0.2, -0.15) is 9.97 Å².